The lowest BCUT2D eigenvalue weighted by molar-refractivity contribution is 0.0448. The summed E-state index contributed by atoms with van der Waals surface area (Å²) in [5.74, 6) is 0.612. The maximum Gasteiger partial charge on any atom is 0.274 e. The Kier molecular flexibility index (Phi) is 6.88. The maximum atomic E-state index is 13.3. The summed E-state index contributed by atoms with van der Waals surface area (Å²) in [6.07, 6.45) is 5.64. The number of amides is 1. The molecule has 3 aromatic heterocycles. The monoisotopic (exact) mass is 498 g/mol. The second-order valence-corrected chi connectivity index (χ2v) is 9.32. The molecular formula is C24H31FN8O3. The lowest BCUT2D eigenvalue weighted by atomic mass is 9.89. The third kappa shape index (κ3) is 4.65. The van der Waals surface area contributed by atoms with E-state index in [4.69, 9.17) is 0 Å². The normalized spacial score (nSPS) is 20.8. The Morgan fingerprint density at radius 3 is 2.72 bits per heavy atom. The zero-order valence-electron chi connectivity index (χ0n) is 20.2. The van der Waals surface area contributed by atoms with Gasteiger partial charge in [-0.25, -0.2) is 9.37 Å². The number of carbonyl (C=O) groups is 1. The molecule has 1 saturated heterocycles. The van der Waals surface area contributed by atoms with Gasteiger partial charge in [0.1, 0.15) is 29.6 Å². The number of carbonyl (C=O) groups excluding carboxylic acids is 1. The van der Waals surface area contributed by atoms with Crippen LogP contribution < -0.4 is 21.5 Å². The van der Waals surface area contributed by atoms with Gasteiger partial charge in [-0.15, -0.1) is 0 Å². The molecular weight excluding hydrogens is 467 g/mol. The molecule has 4 N–H and O–H groups in total. The Hall–Kier alpha value is -3.51. The lowest BCUT2D eigenvalue weighted by Gasteiger charge is -2.32. The van der Waals surface area contributed by atoms with Gasteiger partial charge < -0.3 is 30.5 Å². The fourth-order valence-corrected chi connectivity index (χ4v) is 4.83. The number of aliphatic hydroxyl groups excluding tert-OH is 1. The van der Waals surface area contributed by atoms with Gasteiger partial charge >= 0.3 is 0 Å². The number of hydrogen-bond donors (Lipinski definition) is 4. The van der Waals surface area contributed by atoms with Crippen molar-refractivity contribution in [1.82, 2.24) is 29.4 Å². The Labute approximate surface area is 207 Å². The number of aliphatic hydroxyl groups is 1. The highest BCUT2D eigenvalue weighted by molar-refractivity contribution is 6.00. The first-order valence-electron chi connectivity index (χ1n) is 12.3. The van der Waals surface area contributed by atoms with Gasteiger partial charge in [0.25, 0.3) is 11.5 Å². The zero-order valence-corrected chi connectivity index (χ0v) is 20.2. The molecule has 2 atom stereocenters. The number of likely N-dealkylation sites (tertiary alicyclic amines) is 1. The number of nitrogens with zero attached hydrogens (tertiary/aromatic N) is 5. The van der Waals surface area contributed by atoms with Crippen molar-refractivity contribution in [3.05, 3.63) is 46.5 Å². The summed E-state index contributed by atoms with van der Waals surface area (Å²) >= 11 is 0. The molecule has 0 bridgehead atoms. The molecule has 11 nitrogen and oxygen atoms in total. The third-order valence-electron chi connectivity index (χ3n) is 7.12. The number of anilines is 3. The summed E-state index contributed by atoms with van der Waals surface area (Å²) in [6, 6.07) is 5.00. The van der Waals surface area contributed by atoms with Crippen LogP contribution in [0.4, 0.5) is 21.7 Å². The SMILES string of the molecule is CNc1cc(Nc2cccn(C3CCN(CCF)CC3)c2=O)nc2c(C(=O)N[C@@H]3CC[C@H]3O)cnn12. The molecule has 0 unspecified atom stereocenters. The average Bonchev–Trinajstić information content (AvgIpc) is 3.32. The molecule has 192 valence electrons. The molecule has 1 aliphatic carbocycles. The Morgan fingerprint density at radius 2 is 2.06 bits per heavy atom. The van der Waals surface area contributed by atoms with Crippen LogP contribution in [0.25, 0.3) is 5.65 Å². The smallest absolute Gasteiger partial charge is 0.274 e. The summed E-state index contributed by atoms with van der Waals surface area (Å²) < 4.78 is 15.9. The van der Waals surface area contributed by atoms with Crippen LogP contribution in [0.15, 0.2) is 35.4 Å². The molecule has 2 aliphatic rings. The van der Waals surface area contributed by atoms with E-state index in [-0.39, 0.29) is 35.8 Å². The van der Waals surface area contributed by atoms with Crippen LogP contribution in [0.2, 0.25) is 0 Å². The number of aromatic nitrogens is 4. The first-order chi connectivity index (χ1) is 17.5. The second-order valence-electron chi connectivity index (χ2n) is 9.32. The molecule has 2 fully saturated rings. The van der Waals surface area contributed by atoms with Crippen molar-refractivity contribution in [2.75, 3.05) is 44.0 Å². The van der Waals surface area contributed by atoms with Gasteiger partial charge in [0, 0.05) is 45.0 Å². The van der Waals surface area contributed by atoms with Gasteiger partial charge in [-0.1, -0.05) is 0 Å². The minimum absolute atomic E-state index is 0.0467. The molecule has 4 heterocycles. The van der Waals surface area contributed by atoms with Crippen LogP contribution in [0.5, 0.6) is 0 Å². The minimum Gasteiger partial charge on any atom is -0.391 e. The van der Waals surface area contributed by atoms with E-state index in [9.17, 15) is 19.1 Å². The first kappa shape index (κ1) is 24.2. The van der Waals surface area contributed by atoms with Crippen molar-refractivity contribution in [2.24, 2.45) is 0 Å². The first-order valence-corrected chi connectivity index (χ1v) is 12.3. The van der Waals surface area contributed by atoms with Crippen LogP contribution in [0, 0.1) is 0 Å². The highest BCUT2D eigenvalue weighted by Gasteiger charge is 2.31. The largest absolute Gasteiger partial charge is 0.391 e. The number of hydrogen-bond acceptors (Lipinski definition) is 8. The fourth-order valence-electron chi connectivity index (χ4n) is 4.83. The van der Waals surface area contributed by atoms with Crippen LogP contribution in [-0.2, 0) is 0 Å². The number of alkyl halides is 1. The molecule has 3 aromatic rings. The molecule has 36 heavy (non-hydrogen) atoms. The number of halogens is 1. The van der Waals surface area contributed by atoms with E-state index in [2.05, 4.69) is 30.9 Å². The van der Waals surface area contributed by atoms with E-state index in [0.717, 1.165) is 32.4 Å². The quantitative estimate of drug-likeness (QED) is 0.368. The highest BCUT2D eigenvalue weighted by Crippen LogP contribution is 2.24. The molecule has 5 rings (SSSR count). The second kappa shape index (κ2) is 10.2. The molecule has 1 amide bonds. The van der Waals surface area contributed by atoms with E-state index < -0.39 is 6.10 Å². The number of piperidine rings is 1. The number of rotatable bonds is 8. The van der Waals surface area contributed by atoms with Crippen molar-refractivity contribution < 1.29 is 14.3 Å². The predicted octanol–water partition coefficient (Wildman–Crippen LogP) is 1.54. The molecule has 0 radical (unpaired) electrons. The van der Waals surface area contributed by atoms with E-state index in [1.165, 1.54) is 10.7 Å². The fraction of sp³-hybridized carbons (Fsp3) is 0.500. The van der Waals surface area contributed by atoms with Gasteiger partial charge in [0.05, 0.1) is 18.3 Å². The summed E-state index contributed by atoms with van der Waals surface area (Å²) in [5.41, 5.74) is 0.803. The molecule has 1 aliphatic heterocycles. The van der Waals surface area contributed by atoms with Gasteiger partial charge in [0.2, 0.25) is 0 Å². The molecule has 1 saturated carbocycles. The van der Waals surface area contributed by atoms with Crippen molar-refractivity contribution >= 4 is 28.9 Å². The van der Waals surface area contributed by atoms with E-state index in [1.54, 1.807) is 29.9 Å². The third-order valence-corrected chi connectivity index (χ3v) is 7.12. The zero-order chi connectivity index (χ0) is 25.2. The summed E-state index contributed by atoms with van der Waals surface area (Å²) in [6.45, 7) is 1.58. The Bertz CT molecular complexity index is 1300. The minimum atomic E-state index is -0.537. The van der Waals surface area contributed by atoms with Gasteiger partial charge in [-0.3, -0.25) is 9.59 Å². The van der Waals surface area contributed by atoms with Crippen molar-refractivity contribution in [1.29, 1.82) is 0 Å². The van der Waals surface area contributed by atoms with Crippen molar-refractivity contribution in [2.45, 2.75) is 43.9 Å². The van der Waals surface area contributed by atoms with Gasteiger partial charge in [-0.2, -0.15) is 9.61 Å². The number of pyridine rings is 1. The molecule has 12 heteroatoms. The standard InChI is InChI=1S/C24H31FN8O3/c1-26-21-13-20(30-22-16(14-27-33(21)22)23(35)29-17-4-5-19(17)34)28-18-3-2-9-32(24(18)36)15-6-10-31(11-7-15)12-8-25/h2-3,9,13-15,17,19,26,34H,4-8,10-12H2,1H3,(H,28,30)(H,29,35)/t17-,19-/m1/s1. The number of nitrogens with one attached hydrogen (secondary N) is 3. The Balaban J connectivity index is 1.40. The lowest BCUT2D eigenvalue weighted by Crippen LogP contribution is -2.50. The summed E-state index contributed by atoms with van der Waals surface area (Å²) in [4.78, 5) is 32.8. The van der Waals surface area contributed by atoms with Crippen molar-refractivity contribution in [3.8, 4) is 0 Å². The summed E-state index contributed by atoms with van der Waals surface area (Å²) in [5, 5.41) is 23.1. The summed E-state index contributed by atoms with van der Waals surface area (Å²) in [7, 11) is 1.73. The average molecular weight is 499 g/mol. The van der Waals surface area contributed by atoms with E-state index >= 15 is 0 Å². The highest BCUT2D eigenvalue weighted by atomic mass is 19.1. The number of fused-ring (bicyclic) bond motifs is 1. The Morgan fingerprint density at radius 1 is 1.25 bits per heavy atom. The van der Waals surface area contributed by atoms with E-state index in [1.807, 2.05) is 6.07 Å². The van der Waals surface area contributed by atoms with Crippen LogP contribution in [0.1, 0.15) is 42.1 Å². The van der Waals surface area contributed by atoms with Gasteiger partial charge in [-0.05, 0) is 37.8 Å². The topological polar surface area (TPSA) is 129 Å². The molecule has 0 spiro atoms. The molecule has 0 aromatic carbocycles. The van der Waals surface area contributed by atoms with Crippen LogP contribution >= 0.6 is 0 Å². The predicted molar refractivity (Wildman–Crippen MR) is 134 cm³/mol. The van der Waals surface area contributed by atoms with Crippen LogP contribution in [0.3, 0.4) is 0 Å². The van der Waals surface area contributed by atoms with Gasteiger partial charge in [0.15, 0.2) is 5.65 Å². The van der Waals surface area contributed by atoms with Crippen molar-refractivity contribution in [3.63, 3.8) is 0 Å². The van der Waals surface area contributed by atoms with Crippen LogP contribution in [-0.4, -0.2) is 80.6 Å². The van der Waals surface area contributed by atoms with E-state index in [0.29, 0.717) is 35.9 Å². The maximum absolute atomic E-state index is 13.3.